The molecule has 0 bridgehead atoms. The first-order chi connectivity index (χ1) is 17.9. The third-order valence-corrected chi connectivity index (χ3v) is 6.67. The number of aromatic nitrogens is 4. The maximum atomic E-state index is 11.9. The number of ether oxygens (including phenoxy) is 1. The van der Waals surface area contributed by atoms with Gasteiger partial charge in [-0.15, -0.1) is 0 Å². The van der Waals surface area contributed by atoms with Gasteiger partial charge in [0.2, 0.25) is 5.95 Å². The maximum Gasteiger partial charge on any atom is 0.319 e. The zero-order chi connectivity index (χ0) is 25.9. The van der Waals surface area contributed by atoms with Crippen LogP contribution in [0.2, 0.25) is 0 Å². The highest BCUT2D eigenvalue weighted by Crippen LogP contribution is 2.32. The third kappa shape index (κ3) is 5.48. The Kier molecular flexibility index (Phi) is 7.18. The van der Waals surface area contributed by atoms with Gasteiger partial charge in [0.05, 0.1) is 31.5 Å². The Labute approximate surface area is 217 Å². The molecule has 2 N–H and O–H groups in total. The average molecular weight is 503 g/mol. The van der Waals surface area contributed by atoms with Crippen LogP contribution in [0.1, 0.15) is 36.5 Å². The summed E-state index contributed by atoms with van der Waals surface area (Å²) in [5.74, 6) is 2.40. The van der Waals surface area contributed by atoms with Gasteiger partial charge in [0.1, 0.15) is 5.82 Å². The van der Waals surface area contributed by atoms with Crippen LogP contribution in [0.3, 0.4) is 0 Å². The van der Waals surface area contributed by atoms with E-state index in [1.165, 1.54) is 5.56 Å². The second-order valence-electron chi connectivity index (χ2n) is 9.60. The second kappa shape index (κ2) is 10.7. The highest BCUT2D eigenvalue weighted by molar-refractivity contribution is 5.89. The number of anilines is 3. The number of urea groups is 1. The fourth-order valence-electron chi connectivity index (χ4n) is 4.88. The Bertz CT molecular complexity index is 1260. The number of amides is 2. The third-order valence-electron chi connectivity index (χ3n) is 6.67. The molecule has 0 aliphatic carbocycles. The lowest BCUT2D eigenvalue weighted by molar-refractivity contribution is 0.0984. The molecule has 37 heavy (non-hydrogen) atoms. The Hall–Kier alpha value is -3.79. The second-order valence-corrected chi connectivity index (χ2v) is 9.60. The number of aryl methyl sites for hydroxylation is 2. The number of rotatable bonds is 5. The molecule has 1 atom stereocenters. The number of carbonyl (C=O) groups excluding carboxylic acids is 1. The number of nitrogens with one attached hydrogen (secondary N) is 2. The number of nitrogens with zero attached hydrogens (tertiary/aromatic N) is 6. The molecule has 2 amide bonds. The summed E-state index contributed by atoms with van der Waals surface area (Å²) in [5.41, 5.74) is 5.71. The molecule has 1 aromatic carbocycles. The number of carbonyl (C=O) groups is 1. The van der Waals surface area contributed by atoms with Crippen LogP contribution >= 0.6 is 0 Å². The average Bonchev–Trinajstić information content (AvgIpc) is 2.88. The summed E-state index contributed by atoms with van der Waals surface area (Å²) in [4.78, 5) is 35.9. The van der Waals surface area contributed by atoms with E-state index in [9.17, 15) is 4.79 Å². The molecule has 10 nitrogen and oxygen atoms in total. The number of hydrogen-bond acceptors (Lipinski definition) is 8. The lowest BCUT2D eigenvalue weighted by Gasteiger charge is -2.38. The number of morpholine rings is 1. The largest absolute Gasteiger partial charge is 0.377 e. The van der Waals surface area contributed by atoms with E-state index in [1.54, 1.807) is 0 Å². The van der Waals surface area contributed by atoms with Gasteiger partial charge in [0, 0.05) is 47.8 Å². The summed E-state index contributed by atoms with van der Waals surface area (Å²) >= 11 is 0. The van der Waals surface area contributed by atoms with Crippen molar-refractivity contribution in [1.29, 1.82) is 0 Å². The molecule has 0 saturated carbocycles. The summed E-state index contributed by atoms with van der Waals surface area (Å²) in [6.07, 6.45) is 0.820. The van der Waals surface area contributed by atoms with E-state index < -0.39 is 0 Å². The summed E-state index contributed by atoms with van der Waals surface area (Å²) < 4.78 is 5.70. The predicted molar refractivity (Wildman–Crippen MR) is 144 cm³/mol. The van der Waals surface area contributed by atoms with E-state index in [-0.39, 0.29) is 12.1 Å². The maximum absolute atomic E-state index is 11.9. The quantitative estimate of drug-likeness (QED) is 0.546. The summed E-state index contributed by atoms with van der Waals surface area (Å²) in [5, 5.41) is 5.58. The van der Waals surface area contributed by atoms with Crippen LogP contribution in [-0.4, -0.2) is 64.9 Å². The zero-order valence-corrected chi connectivity index (χ0v) is 21.9. The van der Waals surface area contributed by atoms with E-state index in [2.05, 4.69) is 37.3 Å². The molecule has 194 valence electrons. The fraction of sp³-hybridized carbons (Fsp3) is 0.444. The van der Waals surface area contributed by atoms with Crippen molar-refractivity contribution in [3.63, 3.8) is 0 Å². The molecule has 10 heteroatoms. The van der Waals surface area contributed by atoms with Gasteiger partial charge >= 0.3 is 6.03 Å². The Morgan fingerprint density at radius 3 is 2.54 bits per heavy atom. The minimum atomic E-state index is -0.224. The standard InChI is InChI=1S/C27H34N8O2/c1-5-28-27(36)31-21-8-6-20(7-9-21)24-32-23-15-34(26-29-17(2)14-18(3)30-26)11-10-22(23)25(33-24)35-12-13-37-16-19(35)4/h6-9,14,19H,5,10-13,15-16H2,1-4H3,(H2,28,31,36). The lowest BCUT2D eigenvalue weighted by Crippen LogP contribution is -2.45. The first-order valence-electron chi connectivity index (χ1n) is 12.9. The van der Waals surface area contributed by atoms with Crippen LogP contribution in [0.15, 0.2) is 30.3 Å². The predicted octanol–water partition coefficient (Wildman–Crippen LogP) is 3.48. The van der Waals surface area contributed by atoms with E-state index in [1.807, 2.05) is 51.1 Å². The first-order valence-corrected chi connectivity index (χ1v) is 12.9. The van der Waals surface area contributed by atoms with E-state index >= 15 is 0 Å². The molecule has 2 aromatic heterocycles. The lowest BCUT2D eigenvalue weighted by atomic mass is 10.0. The summed E-state index contributed by atoms with van der Waals surface area (Å²) in [6, 6.07) is 9.64. The van der Waals surface area contributed by atoms with Crippen LogP contribution < -0.4 is 20.4 Å². The van der Waals surface area contributed by atoms with Gasteiger partial charge in [-0.25, -0.2) is 24.7 Å². The normalized spacial score (nSPS) is 17.4. The highest BCUT2D eigenvalue weighted by atomic mass is 16.5. The van der Waals surface area contributed by atoms with Gasteiger partial charge in [-0.1, -0.05) is 0 Å². The smallest absolute Gasteiger partial charge is 0.319 e. The molecular formula is C27H34N8O2. The van der Waals surface area contributed by atoms with Gasteiger partial charge in [0.15, 0.2) is 5.82 Å². The van der Waals surface area contributed by atoms with Crippen molar-refractivity contribution >= 4 is 23.5 Å². The fourth-order valence-corrected chi connectivity index (χ4v) is 4.88. The van der Waals surface area contributed by atoms with Crippen molar-refractivity contribution < 1.29 is 9.53 Å². The van der Waals surface area contributed by atoms with E-state index in [0.717, 1.165) is 53.9 Å². The van der Waals surface area contributed by atoms with Crippen molar-refractivity contribution in [2.75, 3.05) is 48.0 Å². The number of benzene rings is 1. The molecule has 0 spiro atoms. The van der Waals surface area contributed by atoms with Crippen LogP contribution in [0.4, 0.5) is 22.2 Å². The van der Waals surface area contributed by atoms with Gasteiger partial charge in [-0.2, -0.15) is 0 Å². The van der Waals surface area contributed by atoms with Gasteiger partial charge < -0.3 is 25.2 Å². The Morgan fingerprint density at radius 1 is 1.08 bits per heavy atom. The molecule has 1 unspecified atom stereocenters. The van der Waals surface area contributed by atoms with Crippen molar-refractivity contribution in [2.45, 2.75) is 46.7 Å². The monoisotopic (exact) mass is 502 g/mol. The molecule has 4 heterocycles. The van der Waals surface area contributed by atoms with Crippen LogP contribution in [0.25, 0.3) is 11.4 Å². The minimum absolute atomic E-state index is 0.224. The van der Waals surface area contributed by atoms with Crippen molar-refractivity contribution in [2.24, 2.45) is 0 Å². The van der Waals surface area contributed by atoms with E-state index in [4.69, 9.17) is 14.7 Å². The van der Waals surface area contributed by atoms with Crippen molar-refractivity contribution in [3.8, 4) is 11.4 Å². The highest BCUT2D eigenvalue weighted by Gasteiger charge is 2.29. The van der Waals surface area contributed by atoms with Gasteiger partial charge in [-0.3, -0.25) is 0 Å². The Morgan fingerprint density at radius 2 is 1.84 bits per heavy atom. The molecule has 2 aliphatic heterocycles. The van der Waals surface area contributed by atoms with Crippen LogP contribution in [-0.2, 0) is 17.7 Å². The SMILES string of the molecule is CCNC(=O)Nc1ccc(-c2nc3c(c(N4CCOCC4C)n2)CCN(c2nc(C)cc(C)n2)C3)cc1. The summed E-state index contributed by atoms with van der Waals surface area (Å²) in [7, 11) is 0. The molecule has 1 fully saturated rings. The van der Waals surface area contributed by atoms with Crippen LogP contribution in [0.5, 0.6) is 0 Å². The zero-order valence-electron chi connectivity index (χ0n) is 21.9. The molecule has 2 aliphatic rings. The molecule has 5 rings (SSSR count). The number of hydrogen-bond donors (Lipinski definition) is 2. The molecule has 0 radical (unpaired) electrons. The Balaban J connectivity index is 1.50. The summed E-state index contributed by atoms with van der Waals surface area (Å²) in [6.45, 7) is 12.2. The molecular weight excluding hydrogens is 468 g/mol. The van der Waals surface area contributed by atoms with Crippen LogP contribution in [0, 0.1) is 13.8 Å². The first kappa shape index (κ1) is 24.9. The minimum Gasteiger partial charge on any atom is -0.377 e. The van der Waals surface area contributed by atoms with Gasteiger partial charge in [-0.05, 0) is 64.4 Å². The van der Waals surface area contributed by atoms with Crippen molar-refractivity contribution in [3.05, 3.63) is 53.0 Å². The van der Waals surface area contributed by atoms with Gasteiger partial charge in [0.25, 0.3) is 0 Å². The molecule has 1 saturated heterocycles. The topological polar surface area (TPSA) is 108 Å². The molecule has 3 aromatic rings. The number of fused-ring (bicyclic) bond motifs is 1. The van der Waals surface area contributed by atoms with E-state index in [0.29, 0.717) is 37.8 Å². The van der Waals surface area contributed by atoms with Crippen molar-refractivity contribution in [1.82, 2.24) is 25.3 Å².